The third-order valence-electron chi connectivity index (χ3n) is 2.92. The second-order valence-electron chi connectivity index (χ2n) is 4.85. The molecule has 108 valence electrons. The average Bonchev–Trinajstić information content (AvgIpc) is 2.44. The van der Waals surface area contributed by atoms with E-state index in [1.165, 1.54) is 0 Å². The fourth-order valence-corrected chi connectivity index (χ4v) is 2.28. The highest BCUT2D eigenvalue weighted by Gasteiger charge is 2.23. The maximum atomic E-state index is 5.68. The first-order chi connectivity index (χ1) is 9.56. The fourth-order valence-electron chi connectivity index (χ4n) is 2.08. The minimum Gasteiger partial charge on any atom is -0.372 e. The summed E-state index contributed by atoms with van der Waals surface area (Å²) in [4.78, 5) is 10.3. The van der Waals surface area contributed by atoms with Crippen molar-refractivity contribution < 1.29 is 4.74 Å². The number of rotatable bonds is 2. The number of morpholine rings is 1. The van der Waals surface area contributed by atoms with E-state index < -0.39 is 0 Å². The van der Waals surface area contributed by atoms with E-state index in [1.54, 1.807) is 18.5 Å². The maximum Gasteiger partial charge on any atom is 0.189 e. The van der Waals surface area contributed by atoms with Crippen molar-refractivity contribution in [2.45, 2.75) is 33.0 Å². The van der Waals surface area contributed by atoms with Gasteiger partial charge in [0.05, 0.1) is 12.2 Å². The van der Waals surface area contributed by atoms with Crippen LogP contribution in [0.4, 0.5) is 0 Å². The monoisotopic (exact) mass is 293 g/mol. The van der Waals surface area contributed by atoms with Crippen molar-refractivity contribution >= 4 is 23.0 Å². The highest BCUT2D eigenvalue weighted by molar-refractivity contribution is 7.80. The summed E-state index contributed by atoms with van der Waals surface area (Å²) in [6.45, 7) is 7.46. The third-order valence-corrected chi connectivity index (χ3v) is 3.26. The number of nitrogens with zero attached hydrogens (tertiary/aromatic N) is 4. The number of thiocarbonyl (C=S) groups is 1. The van der Waals surface area contributed by atoms with Gasteiger partial charge in [-0.25, -0.2) is 9.97 Å². The minimum atomic E-state index is 0.168. The number of nitrogens with one attached hydrogen (secondary N) is 1. The van der Waals surface area contributed by atoms with Gasteiger partial charge in [-0.3, -0.25) is 5.43 Å². The first kappa shape index (κ1) is 14.8. The topological polar surface area (TPSA) is 62.6 Å². The van der Waals surface area contributed by atoms with Crippen molar-refractivity contribution in [2.24, 2.45) is 5.10 Å². The fraction of sp³-hybridized carbons (Fsp3) is 0.538. The van der Waals surface area contributed by atoms with Gasteiger partial charge in [0.2, 0.25) is 0 Å². The summed E-state index contributed by atoms with van der Waals surface area (Å²) >= 11 is 5.36. The van der Waals surface area contributed by atoms with Crippen LogP contribution in [-0.2, 0) is 4.74 Å². The van der Waals surface area contributed by atoms with E-state index in [9.17, 15) is 0 Å². The Morgan fingerprint density at radius 3 is 2.55 bits per heavy atom. The van der Waals surface area contributed by atoms with Gasteiger partial charge >= 0.3 is 0 Å². The van der Waals surface area contributed by atoms with E-state index in [0.29, 0.717) is 16.6 Å². The Kier molecular flexibility index (Phi) is 4.97. The molecule has 1 N–H and O–H groups in total. The van der Waals surface area contributed by atoms with Crippen molar-refractivity contribution in [1.29, 1.82) is 0 Å². The van der Waals surface area contributed by atoms with Crippen LogP contribution in [0.3, 0.4) is 0 Å². The van der Waals surface area contributed by atoms with Gasteiger partial charge < -0.3 is 9.64 Å². The molecule has 1 aromatic rings. The Labute approximate surface area is 124 Å². The molecule has 1 aromatic heterocycles. The molecule has 0 spiro atoms. The molecular formula is C13H19N5OS. The zero-order valence-corrected chi connectivity index (χ0v) is 12.7. The summed E-state index contributed by atoms with van der Waals surface area (Å²) in [5.74, 6) is 0.589. The summed E-state index contributed by atoms with van der Waals surface area (Å²) in [7, 11) is 0. The second kappa shape index (κ2) is 6.71. The smallest absolute Gasteiger partial charge is 0.189 e. The van der Waals surface area contributed by atoms with E-state index in [0.717, 1.165) is 13.1 Å². The lowest BCUT2D eigenvalue weighted by Crippen LogP contribution is -2.50. The standard InChI is InChI=1S/C13H19N5OS/c1-9-7-18(8-10(2)19-9)13(20)17-16-11(3)12-14-5-4-6-15-12/h4-6,9-10H,7-8H2,1-3H3,(H,17,20)/b16-11+/t9-,10+. The third kappa shape index (κ3) is 3.94. The molecule has 7 heteroatoms. The van der Waals surface area contributed by atoms with Gasteiger partial charge in [-0.05, 0) is 39.1 Å². The SMILES string of the molecule is C/C(=N\NC(=S)N1C[C@@H](C)O[C@@H](C)C1)c1ncccn1. The lowest BCUT2D eigenvalue weighted by atomic mass is 10.2. The second-order valence-corrected chi connectivity index (χ2v) is 5.24. The molecule has 0 radical (unpaired) electrons. The zero-order chi connectivity index (χ0) is 14.5. The summed E-state index contributed by atoms with van der Waals surface area (Å²) in [5, 5.41) is 4.84. The summed E-state index contributed by atoms with van der Waals surface area (Å²) in [5.41, 5.74) is 3.60. The van der Waals surface area contributed by atoms with Gasteiger partial charge in [-0.15, -0.1) is 0 Å². The largest absolute Gasteiger partial charge is 0.372 e. The molecule has 0 aliphatic carbocycles. The van der Waals surface area contributed by atoms with Crippen LogP contribution < -0.4 is 5.43 Å². The van der Waals surface area contributed by atoms with Gasteiger partial charge in [0.15, 0.2) is 10.9 Å². The van der Waals surface area contributed by atoms with Crippen LogP contribution >= 0.6 is 12.2 Å². The van der Waals surface area contributed by atoms with Crippen LogP contribution in [0.5, 0.6) is 0 Å². The predicted octanol–water partition coefficient (Wildman–Crippen LogP) is 1.18. The molecule has 2 rings (SSSR count). The zero-order valence-electron chi connectivity index (χ0n) is 11.9. The van der Waals surface area contributed by atoms with Gasteiger partial charge in [-0.2, -0.15) is 5.10 Å². The molecule has 1 saturated heterocycles. The molecule has 1 aliphatic rings. The number of ether oxygens (including phenoxy) is 1. The van der Waals surface area contributed by atoms with Gasteiger partial charge in [0, 0.05) is 25.5 Å². The highest BCUT2D eigenvalue weighted by atomic mass is 32.1. The Hall–Kier alpha value is -1.60. The number of hydrogen-bond acceptors (Lipinski definition) is 5. The number of aromatic nitrogens is 2. The molecular weight excluding hydrogens is 274 g/mol. The lowest BCUT2D eigenvalue weighted by molar-refractivity contribution is -0.0481. The van der Waals surface area contributed by atoms with E-state index in [-0.39, 0.29) is 12.2 Å². The average molecular weight is 293 g/mol. The summed E-state index contributed by atoms with van der Waals surface area (Å²) < 4.78 is 5.68. The molecule has 1 fully saturated rings. The molecule has 0 amide bonds. The molecule has 0 saturated carbocycles. The van der Waals surface area contributed by atoms with Crippen LogP contribution in [0.2, 0.25) is 0 Å². The van der Waals surface area contributed by atoms with Crippen LogP contribution in [0.1, 0.15) is 26.6 Å². The van der Waals surface area contributed by atoms with Crippen molar-refractivity contribution in [3.8, 4) is 0 Å². The van der Waals surface area contributed by atoms with E-state index in [2.05, 4.69) is 25.4 Å². The first-order valence-corrected chi connectivity index (χ1v) is 6.99. The Morgan fingerprint density at radius 2 is 1.95 bits per heavy atom. The highest BCUT2D eigenvalue weighted by Crippen LogP contribution is 2.10. The summed E-state index contributed by atoms with van der Waals surface area (Å²) in [6.07, 6.45) is 3.71. The molecule has 2 atom stereocenters. The number of hydrogen-bond donors (Lipinski definition) is 1. The van der Waals surface area contributed by atoms with Gasteiger partial charge in [0.25, 0.3) is 0 Å². The molecule has 0 bridgehead atoms. The van der Waals surface area contributed by atoms with Crippen LogP contribution in [-0.4, -0.2) is 51.0 Å². The molecule has 0 aromatic carbocycles. The first-order valence-electron chi connectivity index (χ1n) is 6.58. The number of hydrazone groups is 1. The van der Waals surface area contributed by atoms with Crippen LogP contribution in [0.15, 0.2) is 23.6 Å². The molecule has 6 nitrogen and oxygen atoms in total. The molecule has 1 aliphatic heterocycles. The molecule has 0 unspecified atom stereocenters. The van der Waals surface area contributed by atoms with E-state index in [4.69, 9.17) is 17.0 Å². The minimum absolute atomic E-state index is 0.168. The van der Waals surface area contributed by atoms with Crippen molar-refractivity contribution in [2.75, 3.05) is 13.1 Å². The predicted molar refractivity (Wildman–Crippen MR) is 81.6 cm³/mol. The van der Waals surface area contributed by atoms with Crippen molar-refractivity contribution in [3.05, 3.63) is 24.3 Å². The van der Waals surface area contributed by atoms with Crippen molar-refractivity contribution in [1.82, 2.24) is 20.3 Å². The normalized spacial score (nSPS) is 23.6. The van der Waals surface area contributed by atoms with E-state index >= 15 is 0 Å². The van der Waals surface area contributed by atoms with Gasteiger partial charge in [-0.1, -0.05) is 0 Å². The molecule has 20 heavy (non-hydrogen) atoms. The Bertz CT molecular complexity index is 483. The van der Waals surface area contributed by atoms with E-state index in [1.807, 2.05) is 20.8 Å². The molecule has 2 heterocycles. The quantitative estimate of drug-likeness (QED) is 0.502. The maximum absolute atomic E-state index is 5.68. The van der Waals surface area contributed by atoms with Crippen LogP contribution in [0, 0.1) is 0 Å². The summed E-state index contributed by atoms with van der Waals surface area (Å²) in [6, 6.07) is 1.77. The Balaban J connectivity index is 1.94. The Morgan fingerprint density at radius 1 is 1.35 bits per heavy atom. The van der Waals surface area contributed by atoms with Crippen LogP contribution in [0.25, 0.3) is 0 Å². The van der Waals surface area contributed by atoms with Crippen molar-refractivity contribution in [3.63, 3.8) is 0 Å². The van der Waals surface area contributed by atoms with Gasteiger partial charge in [0.1, 0.15) is 5.71 Å². The lowest BCUT2D eigenvalue weighted by Gasteiger charge is -2.36.